The fraction of sp³-hybridized carbons (Fsp3) is 0.364. The van der Waals surface area contributed by atoms with Crippen molar-refractivity contribution in [3.63, 3.8) is 0 Å². The molecular formula is C11H14N2O2. The van der Waals surface area contributed by atoms with Crippen molar-refractivity contribution in [1.82, 2.24) is 0 Å². The highest BCUT2D eigenvalue weighted by Crippen LogP contribution is 2.15. The molecule has 0 aliphatic carbocycles. The van der Waals surface area contributed by atoms with Gasteiger partial charge < -0.3 is 14.8 Å². The molecule has 0 aromatic heterocycles. The van der Waals surface area contributed by atoms with Crippen molar-refractivity contribution in [2.45, 2.75) is 0 Å². The van der Waals surface area contributed by atoms with Gasteiger partial charge in [-0.1, -0.05) is 0 Å². The summed E-state index contributed by atoms with van der Waals surface area (Å²) >= 11 is 0. The van der Waals surface area contributed by atoms with E-state index in [1.807, 2.05) is 24.3 Å². The van der Waals surface area contributed by atoms with Crippen LogP contribution in [0.5, 0.6) is 5.75 Å². The molecule has 0 unspecified atom stereocenters. The maximum Gasteiger partial charge on any atom is 0.127 e. The molecule has 80 valence electrons. The second-order valence-electron chi connectivity index (χ2n) is 3.23. The van der Waals surface area contributed by atoms with Gasteiger partial charge in [0.25, 0.3) is 0 Å². The van der Waals surface area contributed by atoms with Crippen molar-refractivity contribution in [2.75, 3.05) is 32.2 Å². The summed E-state index contributed by atoms with van der Waals surface area (Å²) in [5.41, 5.74) is 1.00. The molecule has 1 aromatic rings. The second-order valence-corrected chi connectivity index (χ2v) is 3.23. The highest BCUT2D eigenvalue weighted by molar-refractivity contribution is 5.96. The number of nitrogens with zero attached hydrogens (tertiary/aromatic N) is 1. The monoisotopic (exact) mass is 206 g/mol. The Bertz CT molecular complexity index is 346. The smallest absolute Gasteiger partial charge is 0.127 e. The molecule has 1 heterocycles. The van der Waals surface area contributed by atoms with Crippen molar-refractivity contribution < 1.29 is 9.47 Å². The first-order valence-corrected chi connectivity index (χ1v) is 4.90. The van der Waals surface area contributed by atoms with Crippen LogP contribution < -0.4 is 10.1 Å². The summed E-state index contributed by atoms with van der Waals surface area (Å²) in [7, 11) is 1.65. The first kappa shape index (κ1) is 9.98. The van der Waals surface area contributed by atoms with Crippen molar-refractivity contribution >= 4 is 11.5 Å². The number of benzene rings is 1. The Kier molecular flexibility index (Phi) is 3.19. The van der Waals surface area contributed by atoms with Gasteiger partial charge >= 0.3 is 0 Å². The van der Waals surface area contributed by atoms with Gasteiger partial charge in [0, 0.05) is 5.69 Å². The summed E-state index contributed by atoms with van der Waals surface area (Å²) in [5, 5.41) is 3.20. The van der Waals surface area contributed by atoms with Crippen molar-refractivity contribution in [2.24, 2.45) is 4.99 Å². The minimum atomic E-state index is 0.562. The predicted molar refractivity (Wildman–Crippen MR) is 59.7 cm³/mol. The Balaban J connectivity index is 2.00. The molecule has 1 N–H and O–H groups in total. The fourth-order valence-electron chi connectivity index (χ4n) is 1.38. The van der Waals surface area contributed by atoms with E-state index >= 15 is 0 Å². The molecule has 0 spiro atoms. The number of nitrogens with one attached hydrogen (secondary N) is 1. The number of ether oxygens (including phenoxy) is 2. The van der Waals surface area contributed by atoms with Gasteiger partial charge in [0.2, 0.25) is 0 Å². The number of amidine groups is 1. The van der Waals surface area contributed by atoms with E-state index in [1.165, 1.54) is 0 Å². The number of rotatable bonds is 2. The summed E-state index contributed by atoms with van der Waals surface area (Å²) in [5.74, 6) is 1.73. The maximum atomic E-state index is 5.28. The van der Waals surface area contributed by atoms with Crippen LogP contribution in [0.2, 0.25) is 0 Å². The predicted octanol–water partition coefficient (Wildman–Crippen LogP) is 1.54. The van der Waals surface area contributed by atoms with Crippen molar-refractivity contribution in [3.05, 3.63) is 24.3 Å². The summed E-state index contributed by atoms with van der Waals surface area (Å²) in [4.78, 5) is 4.32. The maximum absolute atomic E-state index is 5.28. The number of hydrogen-bond acceptors (Lipinski definition) is 4. The zero-order valence-electron chi connectivity index (χ0n) is 8.69. The highest BCUT2D eigenvalue weighted by atomic mass is 16.5. The van der Waals surface area contributed by atoms with Crippen LogP contribution in [0.1, 0.15) is 0 Å². The Morgan fingerprint density at radius 1 is 1.33 bits per heavy atom. The van der Waals surface area contributed by atoms with Crippen LogP contribution in [0.25, 0.3) is 0 Å². The lowest BCUT2D eigenvalue weighted by Crippen LogP contribution is -2.24. The van der Waals surface area contributed by atoms with E-state index in [0.717, 1.165) is 23.8 Å². The lowest BCUT2D eigenvalue weighted by atomic mass is 10.3. The van der Waals surface area contributed by atoms with E-state index in [9.17, 15) is 0 Å². The topological polar surface area (TPSA) is 42.8 Å². The summed E-state index contributed by atoms with van der Waals surface area (Å²) in [6.45, 7) is 2.01. The zero-order valence-corrected chi connectivity index (χ0v) is 8.69. The summed E-state index contributed by atoms with van der Waals surface area (Å²) in [6, 6.07) is 7.73. The third kappa shape index (κ3) is 2.70. The Labute approximate surface area is 88.9 Å². The van der Waals surface area contributed by atoms with Crippen LogP contribution in [0.3, 0.4) is 0 Å². The molecule has 0 atom stereocenters. The third-order valence-corrected chi connectivity index (χ3v) is 2.16. The van der Waals surface area contributed by atoms with Gasteiger partial charge in [-0.15, -0.1) is 0 Å². The summed E-state index contributed by atoms with van der Waals surface area (Å²) < 4.78 is 10.4. The molecule has 0 saturated carbocycles. The lowest BCUT2D eigenvalue weighted by Gasteiger charge is -2.14. The van der Waals surface area contributed by atoms with Gasteiger partial charge in [0.05, 0.1) is 20.3 Å². The minimum Gasteiger partial charge on any atom is -0.497 e. The summed E-state index contributed by atoms with van der Waals surface area (Å²) in [6.07, 6.45) is 0. The molecule has 0 saturated heterocycles. The first-order valence-electron chi connectivity index (χ1n) is 4.90. The van der Waals surface area contributed by atoms with E-state index in [4.69, 9.17) is 9.47 Å². The average molecular weight is 206 g/mol. The van der Waals surface area contributed by atoms with Crippen molar-refractivity contribution in [3.8, 4) is 5.75 Å². The largest absolute Gasteiger partial charge is 0.497 e. The third-order valence-electron chi connectivity index (χ3n) is 2.16. The van der Waals surface area contributed by atoms with Crippen LogP contribution in [0.4, 0.5) is 5.69 Å². The standard InChI is InChI=1S/C11H14N2O2/c1-14-10-4-2-9(3-5-10)13-11-8-15-7-6-12-11/h2-5H,6-8H2,1H3,(H,12,13). The van der Waals surface area contributed by atoms with E-state index in [-0.39, 0.29) is 0 Å². The van der Waals surface area contributed by atoms with Crippen LogP contribution in [0.15, 0.2) is 29.3 Å². The highest BCUT2D eigenvalue weighted by Gasteiger charge is 2.04. The van der Waals surface area contributed by atoms with E-state index in [0.29, 0.717) is 13.2 Å². The number of aliphatic imine (C=N–C) groups is 1. The normalized spacial score (nSPS) is 15.7. The van der Waals surface area contributed by atoms with Crippen LogP contribution in [-0.4, -0.2) is 32.7 Å². The molecule has 0 bridgehead atoms. The van der Waals surface area contributed by atoms with Crippen LogP contribution >= 0.6 is 0 Å². The molecule has 1 aromatic carbocycles. The van der Waals surface area contributed by atoms with Gasteiger partial charge in [-0.25, -0.2) is 0 Å². The number of hydrogen-bond donors (Lipinski definition) is 1. The Hall–Kier alpha value is -1.55. The minimum absolute atomic E-state index is 0.562. The second kappa shape index (κ2) is 4.79. The Morgan fingerprint density at radius 2 is 2.13 bits per heavy atom. The van der Waals surface area contributed by atoms with E-state index in [2.05, 4.69) is 10.3 Å². The fourth-order valence-corrected chi connectivity index (χ4v) is 1.38. The molecular weight excluding hydrogens is 192 g/mol. The molecule has 4 nitrogen and oxygen atoms in total. The average Bonchev–Trinajstić information content (AvgIpc) is 2.31. The zero-order chi connectivity index (χ0) is 10.5. The molecule has 4 heteroatoms. The lowest BCUT2D eigenvalue weighted by molar-refractivity contribution is 0.171. The van der Waals surface area contributed by atoms with Gasteiger partial charge in [0.15, 0.2) is 0 Å². The first-order chi connectivity index (χ1) is 7.38. The van der Waals surface area contributed by atoms with Gasteiger partial charge in [0.1, 0.15) is 18.2 Å². The molecule has 2 rings (SSSR count). The Morgan fingerprint density at radius 3 is 2.73 bits per heavy atom. The van der Waals surface area contributed by atoms with Crippen LogP contribution in [0, 0.1) is 0 Å². The van der Waals surface area contributed by atoms with Gasteiger partial charge in [-0.2, -0.15) is 0 Å². The molecule has 1 aliphatic rings. The van der Waals surface area contributed by atoms with Gasteiger partial charge in [-0.05, 0) is 24.3 Å². The van der Waals surface area contributed by atoms with E-state index < -0.39 is 0 Å². The SMILES string of the molecule is COc1ccc(NC2=NCCOC2)cc1. The van der Waals surface area contributed by atoms with Crippen molar-refractivity contribution in [1.29, 1.82) is 0 Å². The van der Waals surface area contributed by atoms with Crippen LogP contribution in [-0.2, 0) is 4.74 Å². The van der Waals surface area contributed by atoms with E-state index in [1.54, 1.807) is 7.11 Å². The molecule has 15 heavy (non-hydrogen) atoms. The molecule has 0 fully saturated rings. The quantitative estimate of drug-likeness (QED) is 0.798. The number of anilines is 1. The molecule has 0 radical (unpaired) electrons. The number of methoxy groups -OCH3 is 1. The molecule has 1 aliphatic heterocycles. The molecule has 0 amide bonds. The van der Waals surface area contributed by atoms with Gasteiger partial charge in [-0.3, -0.25) is 4.99 Å².